The third-order valence-corrected chi connectivity index (χ3v) is 28.3. The quantitative estimate of drug-likeness (QED) is 0.101. The highest BCUT2D eigenvalue weighted by Crippen LogP contribution is 2.43. The number of anilines is 1. The molecule has 0 saturated carbocycles. The Hall–Kier alpha value is -12.5. The number of ether oxygens (including phenoxy) is 5. The van der Waals surface area contributed by atoms with E-state index in [4.69, 9.17) is 75.8 Å². The van der Waals surface area contributed by atoms with Crippen LogP contribution < -0.4 is 10.6 Å². The molecule has 138 heavy (non-hydrogen) atoms. The lowest BCUT2D eigenvalue weighted by Crippen LogP contribution is -2.38. The van der Waals surface area contributed by atoms with Gasteiger partial charge in [0.1, 0.15) is 11.6 Å². The Bertz CT molecular complexity index is 6300. The van der Waals surface area contributed by atoms with E-state index in [2.05, 4.69) is 172 Å². The highest BCUT2D eigenvalue weighted by molar-refractivity contribution is 6.31. The van der Waals surface area contributed by atoms with Gasteiger partial charge < -0.3 is 62.1 Å². The number of benzene rings is 5. The fraction of sp³-hybridized carbons (Fsp3) is 0.297. The second-order valence-electron chi connectivity index (χ2n) is 35.8. The molecule has 0 aliphatic carbocycles. The fourth-order valence-electron chi connectivity index (χ4n) is 20.0. The highest BCUT2D eigenvalue weighted by Gasteiger charge is 2.30. The number of fused-ring (bicyclic) bond motifs is 6. The standard InChI is InChI=1S/C22H25ClN4O.C19H20N2O.C18H17ClN2O.C18H17FN2O.2C17H16ClN3O/c23-17-3-5-18(6-4-17)27-15-20(19-7-11-25-14-21(19)27)16-8-12-26(13-9-16)22(28)2-1-10-24;1-14-2-4-16(5-3-14)21-13-18(15-7-10-22-11-8-15)17-6-9-20-12-19(17)21;2*19-14-1-3-15(4-2-14)21-12-17(13-6-9-22-10-7-13)16-5-8-20-11-18(16)21;18-13-1-3-14(4-2-13)21-12-17(20-7-9-22-10-8-20)15-5-6-19-11-16(15)21;18-13-1-2-17(20-9-13)21-11-15(12-4-7-22-8-5-12)14-3-6-19-10-16(14)21/h3-7,11,14-16H,1-2,8-10,12-13,24H2;2-6,9,12-13,15H,7-8,10-11H2,1H3;2*1-5,8,11-13H,6-7,9-10H2;1-6,11-12H,7-10H2;1-3,6,9-12H,4-5,7-8H2. The first-order valence-electron chi connectivity index (χ1n) is 47.9. The summed E-state index contributed by atoms with van der Waals surface area (Å²) >= 11 is 24.0. The minimum atomic E-state index is -0.219. The molecule has 0 atom stereocenters. The normalized spacial score (nSPS) is 15.9. The van der Waals surface area contributed by atoms with Crippen molar-refractivity contribution in [3.05, 3.63) is 347 Å². The molecule has 6 aliphatic rings. The molecule has 0 bridgehead atoms. The van der Waals surface area contributed by atoms with Gasteiger partial charge in [-0.3, -0.25) is 39.3 Å². The maximum absolute atomic E-state index is 13.2. The van der Waals surface area contributed by atoms with E-state index in [0.29, 0.717) is 47.6 Å². The zero-order chi connectivity index (χ0) is 94.2. The van der Waals surface area contributed by atoms with Gasteiger partial charge in [0.25, 0.3) is 0 Å². The van der Waals surface area contributed by atoms with E-state index in [-0.39, 0.29) is 11.7 Å². The Morgan fingerprint density at radius 3 is 0.964 bits per heavy atom. The van der Waals surface area contributed by atoms with Crippen molar-refractivity contribution >= 4 is 123 Å². The summed E-state index contributed by atoms with van der Waals surface area (Å²) in [5.74, 6) is 3.52. The smallest absolute Gasteiger partial charge is 0.222 e. The number of carbonyl (C=O) groups excluding carboxylic acids is 1. The molecule has 27 heteroatoms. The van der Waals surface area contributed by atoms with Gasteiger partial charge in [-0.15, -0.1) is 0 Å². The van der Waals surface area contributed by atoms with Crippen LogP contribution in [-0.2, 0) is 28.5 Å². The number of nitrogens with two attached hydrogens (primary N) is 1. The number of likely N-dealkylation sites (tertiary alicyclic amines) is 1. The van der Waals surface area contributed by atoms with Gasteiger partial charge in [-0.05, 0) is 299 Å². The van der Waals surface area contributed by atoms with Crippen LogP contribution in [0.2, 0.25) is 20.1 Å². The van der Waals surface area contributed by atoms with Crippen LogP contribution >= 0.6 is 46.4 Å². The highest BCUT2D eigenvalue weighted by atomic mass is 35.5. The lowest BCUT2D eigenvalue weighted by molar-refractivity contribution is -0.132. The number of rotatable bonds is 15. The predicted octanol–water partition coefficient (Wildman–Crippen LogP) is 24.5. The summed E-state index contributed by atoms with van der Waals surface area (Å²) in [5, 5.41) is 10.4. The molecule has 0 radical (unpaired) electrons. The second kappa shape index (κ2) is 45.0. The molecule has 24 rings (SSSR count). The summed E-state index contributed by atoms with van der Waals surface area (Å²) in [4.78, 5) is 46.9. The van der Waals surface area contributed by atoms with Crippen molar-refractivity contribution in [3.63, 3.8) is 0 Å². The molecular weight excluding hydrogens is 1810 g/mol. The first-order valence-corrected chi connectivity index (χ1v) is 49.4. The van der Waals surface area contributed by atoms with Crippen molar-refractivity contribution in [2.24, 2.45) is 5.73 Å². The van der Waals surface area contributed by atoms with Crippen molar-refractivity contribution < 1.29 is 32.9 Å². The lowest BCUT2D eigenvalue weighted by atomic mass is 9.89. The van der Waals surface area contributed by atoms with Crippen LogP contribution in [0.3, 0.4) is 0 Å². The Labute approximate surface area is 822 Å². The molecule has 0 unspecified atom stereocenters. The van der Waals surface area contributed by atoms with Crippen LogP contribution in [0.25, 0.3) is 99.7 Å². The number of aryl methyl sites for hydroxylation is 1. The minimum absolute atomic E-state index is 0.219. The second-order valence-corrected chi connectivity index (χ2v) is 37.5. The molecule has 22 nitrogen and oxygen atoms in total. The Morgan fingerprint density at radius 2 is 0.623 bits per heavy atom. The van der Waals surface area contributed by atoms with Crippen molar-refractivity contribution in [2.45, 2.75) is 114 Å². The van der Waals surface area contributed by atoms with Gasteiger partial charge in [0.05, 0.1) is 94.2 Å². The van der Waals surface area contributed by atoms with Crippen molar-refractivity contribution in [1.29, 1.82) is 0 Å². The van der Waals surface area contributed by atoms with Gasteiger partial charge in [0.2, 0.25) is 5.91 Å². The van der Waals surface area contributed by atoms with E-state index in [1.807, 2.05) is 164 Å². The zero-order valence-electron chi connectivity index (χ0n) is 77.2. The molecular formula is C111H111Cl4FN16O6. The SMILES string of the molecule is Cc1ccc(-n2cc(C3CCOCC3)c3ccncc32)cc1.Clc1ccc(-n2cc(C3CCOCC3)c3ccncc32)cc1.Clc1ccc(-n2cc(C3CCOCC3)c3ccncc32)nc1.Clc1ccc(-n2cc(N3CCOCC3)c3ccncc32)cc1.Fc1ccc(-n2cc(C3CCOCC3)c3ccncc32)cc1.NCCCC(=O)N1CCC(c2cn(-c3ccc(Cl)cc3)c3cnccc23)CC1. The number of aromatic nitrogens is 13. The number of hydrogen-bond acceptors (Lipinski definition) is 15. The van der Waals surface area contributed by atoms with E-state index in [9.17, 15) is 9.18 Å². The maximum atomic E-state index is 13.2. The summed E-state index contributed by atoms with van der Waals surface area (Å²) in [6, 6.07) is 55.3. The van der Waals surface area contributed by atoms with Crippen molar-refractivity contribution in [2.75, 3.05) is 104 Å². The van der Waals surface area contributed by atoms with Gasteiger partial charge >= 0.3 is 0 Å². The predicted molar refractivity (Wildman–Crippen MR) is 550 cm³/mol. The monoisotopic (exact) mass is 1920 g/mol. The Balaban J connectivity index is 0.000000106. The molecule has 2 N–H and O–H groups in total. The van der Waals surface area contributed by atoms with Crippen LogP contribution in [0.1, 0.15) is 140 Å². The van der Waals surface area contributed by atoms with E-state index in [0.717, 1.165) is 234 Å². The zero-order valence-corrected chi connectivity index (χ0v) is 80.3. The van der Waals surface area contributed by atoms with E-state index in [1.165, 1.54) is 94.7 Å². The van der Waals surface area contributed by atoms with Crippen LogP contribution in [0.4, 0.5) is 10.1 Å². The molecule has 6 fully saturated rings. The van der Waals surface area contributed by atoms with E-state index >= 15 is 0 Å². The topological polar surface area (TPSA) is 216 Å². The fourth-order valence-corrected chi connectivity index (χ4v) is 20.5. The van der Waals surface area contributed by atoms with Crippen LogP contribution in [0.5, 0.6) is 0 Å². The van der Waals surface area contributed by atoms with Crippen LogP contribution in [0.15, 0.2) is 288 Å². The first-order chi connectivity index (χ1) is 67.8. The molecule has 1 amide bonds. The molecule has 13 aromatic heterocycles. The molecule has 18 aromatic rings. The molecule has 5 aromatic carbocycles. The maximum Gasteiger partial charge on any atom is 0.222 e. The van der Waals surface area contributed by atoms with Crippen LogP contribution in [0, 0.1) is 12.7 Å². The average Bonchev–Trinajstić information content (AvgIpc) is 1.67. The summed E-state index contributed by atoms with van der Waals surface area (Å²) in [5.41, 5.74) is 27.0. The average molecular weight is 1930 g/mol. The number of morpholine rings is 1. The number of nitrogens with zero attached hydrogens (tertiary/aromatic N) is 15. The van der Waals surface area contributed by atoms with Gasteiger partial charge in [-0.2, -0.15) is 0 Å². The molecule has 0 spiro atoms. The Morgan fingerprint density at radius 1 is 0.333 bits per heavy atom. The van der Waals surface area contributed by atoms with Crippen molar-refractivity contribution in [1.82, 2.24) is 67.2 Å². The lowest BCUT2D eigenvalue weighted by Gasteiger charge is -2.32. The van der Waals surface area contributed by atoms with Gasteiger partial charge in [-0.25, -0.2) is 9.37 Å². The number of hydrogen-bond donors (Lipinski definition) is 1. The molecule has 6 saturated heterocycles. The molecule has 6 aliphatic heterocycles. The van der Waals surface area contributed by atoms with Gasteiger partial charge in [0.15, 0.2) is 0 Å². The van der Waals surface area contributed by atoms with Crippen LogP contribution in [-0.4, -0.2) is 172 Å². The third-order valence-electron chi connectivity index (χ3n) is 27.3. The summed E-state index contributed by atoms with van der Waals surface area (Å²) in [6.45, 7) is 14.4. The van der Waals surface area contributed by atoms with Crippen molar-refractivity contribution in [3.8, 4) is 34.3 Å². The number of piperidine rings is 1. The number of halogens is 5. The summed E-state index contributed by atoms with van der Waals surface area (Å²) < 4.78 is 53.7. The van der Waals surface area contributed by atoms with E-state index < -0.39 is 0 Å². The first kappa shape index (κ1) is 94.5. The number of amides is 1. The molecule has 706 valence electrons. The number of carbonyl (C=O) groups is 1. The largest absolute Gasteiger partial charge is 0.381 e. The number of pyridine rings is 7. The van der Waals surface area contributed by atoms with Gasteiger partial charge in [0, 0.05) is 242 Å². The summed E-state index contributed by atoms with van der Waals surface area (Å²) in [7, 11) is 0. The van der Waals surface area contributed by atoms with E-state index in [1.54, 1.807) is 18.3 Å². The third kappa shape index (κ3) is 21.8. The molecule has 19 heterocycles. The minimum Gasteiger partial charge on any atom is -0.381 e. The van der Waals surface area contributed by atoms with Gasteiger partial charge in [-0.1, -0.05) is 64.1 Å². The summed E-state index contributed by atoms with van der Waals surface area (Å²) in [6.07, 6.45) is 49.6. The Kier molecular flexibility index (Phi) is 30.8.